The molecule has 0 atom stereocenters. The van der Waals surface area contributed by atoms with Gasteiger partial charge in [-0.25, -0.2) is 14.4 Å². The van der Waals surface area contributed by atoms with E-state index in [4.69, 9.17) is 5.73 Å². The molecule has 12 heteroatoms. The van der Waals surface area contributed by atoms with E-state index in [-0.39, 0.29) is 41.0 Å². The average molecular weight is 615 g/mol. The van der Waals surface area contributed by atoms with Crippen molar-refractivity contribution in [2.75, 3.05) is 43.9 Å². The number of amides is 3. The zero-order chi connectivity index (χ0) is 31.5. The maximum Gasteiger partial charge on any atom is 0.271 e. The topological polar surface area (TPSA) is 146 Å². The summed E-state index contributed by atoms with van der Waals surface area (Å²) in [6.07, 6.45) is 6.61. The number of primary amides is 1. The van der Waals surface area contributed by atoms with Gasteiger partial charge in [0.05, 0.1) is 11.8 Å². The second-order valence-electron chi connectivity index (χ2n) is 12.3. The third-order valence-corrected chi connectivity index (χ3v) is 8.89. The van der Waals surface area contributed by atoms with Gasteiger partial charge in [0.2, 0.25) is 0 Å². The van der Waals surface area contributed by atoms with Crippen molar-refractivity contribution in [3.05, 3.63) is 76.9 Å². The molecule has 2 heterocycles. The van der Waals surface area contributed by atoms with Gasteiger partial charge < -0.3 is 31.5 Å². The maximum absolute atomic E-state index is 14.6. The van der Waals surface area contributed by atoms with Crippen LogP contribution in [0.15, 0.2) is 48.7 Å². The zero-order valence-electron chi connectivity index (χ0n) is 25.4. The van der Waals surface area contributed by atoms with Gasteiger partial charge in [-0.3, -0.25) is 14.4 Å². The molecule has 2 aromatic carbocycles. The number of benzene rings is 2. The van der Waals surface area contributed by atoms with Gasteiger partial charge in [0.15, 0.2) is 11.5 Å². The van der Waals surface area contributed by atoms with E-state index in [1.807, 2.05) is 18.0 Å². The zero-order valence-corrected chi connectivity index (χ0v) is 25.4. The number of piperazine rings is 1. The summed E-state index contributed by atoms with van der Waals surface area (Å²) < 4.78 is 14.6. The van der Waals surface area contributed by atoms with Gasteiger partial charge in [-0.05, 0) is 93.5 Å². The van der Waals surface area contributed by atoms with E-state index in [1.165, 1.54) is 12.3 Å². The molecule has 236 valence electrons. The number of rotatable bonds is 9. The van der Waals surface area contributed by atoms with Crippen LogP contribution in [0.25, 0.3) is 0 Å². The molecular formula is C33H39FN8O3. The SMILES string of the molecule is CN1CCN(C(=O)c2ccc(Nc3nc(N[C@H]4CC[C@@H](NC(=O)c5ccc(C6CC6)cc5F)CC4)cnc3C(N)=O)cc2)CC1. The van der Waals surface area contributed by atoms with Crippen LogP contribution < -0.4 is 21.7 Å². The van der Waals surface area contributed by atoms with Crippen molar-refractivity contribution in [1.82, 2.24) is 25.1 Å². The van der Waals surface area contributed by atoms with E-state index in [1.54, 1.807) is 30.3 Å². The molecule has 3 amide bonds. The van der Waals surface area contributed by atoms with Gasteiger partial charge in [-0.2, -0.15) is 0 Å². The molecule has 0 unspecified atom stereocenters. The van der Waals surface area contributed by atoms with E-state index >= 15 is 0 Å². The molecule has 45 heavy (non-hydrogen) atoms. The number of carbonyl (C=O) groups excluding carboxylic acids is 3. The Hall–Kier alpha value is -4.58. The fourth-order valence-electron chi connectivity index (χ4n) is 5.99. The molecule has 1 aromatic heterocycles. The monoisotopic (exact) mass is 614 g/mol. The Bertz CT molecular complexity index is 1560. The molecule has 0 spiro atoms. The lowest BCUT2D eigenvalue weighted by Crippen LogP contribution is -2.47. The van der Waals surface area contributed by atoms with Gasteiger partial charge in [-0.15, -0.1) is 0 Å². The smallest absolute Gasteiger partial charge is 0.271 e. The summed E-state index contributed by atoms with van der Waals surface area (Å²) in [5.41, 5.74) is 7.85. The van der Waals surface area contributed by atoms with E-state index in [2.05, 4.69) is 30.8 Å². The second kappa shape index (κ2) is 13.2. The fourth-order valence-corrected chi connectivity index (χ4v) is 5.99. The van der Waals surface area contributed by atoms with Crippen molar-refractivity contribution in [1.29, 1.82) is 0 Å². The number of nitrogens with zero attached hydrogens (tertiary/aromatic N) is 4. The fraction of sp³-hybridized carbons (Fsp3) is 0.424. The highest BCUT2D eigenvalue weighted by molar-refractivity contribution is 5.97. The van der Waals surface area contributed by atoms with E-state index in [0.29, 0.717) is 36.1 Å². The highest BCUT2D eigenvalue weighted by Gasteiger charge is 2.27. The van der Waals surface area contributed by atoms with Crippen LogP contribution in [0.1, 0.15) is 81.2 Å². The number of likely N-dealkylation sites (N-methyl/N-ethyl adjacent to an activating group) is 1. The number of hydrogen-bond donors (Lipinski definition) is 4. The van der Waals surface area contributed by atoms with Crippen LogP contribution in [0, 0.1) is 5.82 Å². The molecule has 2 aliphatic carbocycles. The molecule has 5 N–H and O–H groups in total. The van der Waals surface area contributed by atoms with Crippen molar-refractivity contribution in [3.8, 4) is 0 Å². The van der Waals surface area contributed by atoms with Crippen LogP contribution >= 0.6 is 0 Å². The summed E-state index contributed by atoms with van der Waals surface area (Å²) in [7, 11) is 2.04. The molecule has 6 rings (SSSR count). The molecule has 3 aromatic rings. The Kier molecular flexibility index (Phi) is 8.92. The molecule has 1 aliphatic heterocycles. The predicted molar refractivity (Wildman–Crippen MR) is 169 cm³/mol. The number of hydrogen-bond acceptors (Lipinski definition) is 8. The molecule has 1 saturated heterocycles. The van der Waals surface area contributed by atoms with Crippen molar-refractivity contribution < 1.29 is 18.8 Å². The molecule has 11 nitrogen and oxygen atoms in total. The summed E-state index contributed by atoms with van der Waals surface area (Å²) in [5, 5.41) is 9.49. The Balaban J connectivity index is 1.04. The van der Waals surface area contributed by atoms with Gasteiger partial charge >= 0.3 is 0 Å². The standard InChI is InChI=1S/C33H39FN8O3/c1-41-14-16-42(17-15-41)33(45)21-4-7-24(8-5-21)38-31-29(30(35)43)36-19-28(40-31)37-23-9-11-25(12-10-23)39-32(44)26-13-6-22(18-27(26)34)20-2-3-20/h4-8,13,18-20,23,25H,2-3,9-12,14-17H2,1H3,(H2,35,43)(H,39,44)(H2,37,38,40)/t23-,25+. The van der Waals surface area contributed by atoms with Crippen LogP contribution in [0.4, 0.5) is 21.7 Å². The van der Waals surface area contributed by atoms with Crippen molar-refractivity contribution in [3.63, 3.8) is 0 Å². The minimum absolute atomic E-state index is 0.00181. The number of aromatic nitrogens is 2. The Labute approximate surface area is 261 Å². The lowest BCUT2D eigenvalue weighted by Gasteiger charge is -2.32. The summed E-state index contributed by atoms with van der Waals surface area (Å²) in [5.74, 6) is -0.457. The quantitative estimate of drug-likeness (QED) is 0.284. The first-order valence-corrected chi connectivity index (χ1v) is 15.6. The van der Waals surface area contributed by atoms with Gasteiger partial charge in [0, 0.05) is 49.5 Å². The first kappa shape index (κ1) is 30.4. The largest absolute Gasteiger partial charge is 0.366 e. The lowest BCUT2D eigenvalue weighted by atomic mass is 9.91. The normalized spacial score (nSPS) is 20.4. The molecule has 3 aliphatic rings. The summed E-state index contributed by atoms with van der Waals surface area (Å²) in [6.45, 7) is 3.08. The molecule has 3 fully saturated rings. The summed E-state index contributed by atoms with van der Waals surface area (Å²) >= 11 is 0. The lowest BCUT2D eigenvalue weighted by molar-refractivity contribution is 0.0663. The van der Waals surface area contributed by atoms with E-state index in [9.17, 15) is 18.8 Å². The average Bonchev–Trinajstić information content (AvgIpc) is 3.88. The maximum atomic E-state index is 14.6. The van der Waals surface area contributed by atoms with Gasteiger partial charge in [-0.1, -0.05) is 6.07 Å². The minimum Gasteiger partial charge on any atom is -0.366 e. The number of nitrogens with one attached hydrogen (secondary N) is 3. The summed E-state index contributed by atoms with van der Waals surface area (Å²) in [6, 6.07) is 12.0. The van der Waals surface area contributed by atoms with E-state index < -0.39 is 11.7 Å². The molecule has 0 radical (unpaired) electrons. The van der Waals surface area contributed by atoms with Gasteiger partial charge in [0.1, 0.15) is 11.6 Å². The van der Waals surface area contributed by atoms with Gasteiger partial charge in [0.25, 0.3) is 17.7 Å². The predicted octanol–water partition coefficient (Wildman–Crippen LogP) is 3.88. The highest BCUT2D eigenvalue weighted by atomic mass is 19.1. The van der Waals surface area contributed by atoms with E-state index in [0.717, 1.165) is 57.2 Å². The third-order valence-electron chi connectivity index (χ3n) is 8.89. The highest BCUT2D eigenvalue weighted by Crippen LogP contribution is 2.40. The number of nitrogens with two attached hydrogens (primary N) is 1. The molecule has 0 bridgehead atoms. The minimum atomic E-state index is -0.715. The van der Waals surface area contributed by atoms with Crippen LogP contribution in [-0.2, 0) is 0 Å². The third kappa shape index (κ3) is 7.39. The Morgan fingerprint density at radius 2 is 1.60 bits per heavy atom. The molecular weight excluding hydrogens is 575 g/mol. The first-order chi connectivity index (χ1) is 21.7. The number of anilines is 3. The molecule has 2 saturated carbocycles. The van der Waals surface area contributed by atoms with Crippen molar-refractivity contribution in [2.24, 2.45) is 5.73 Å². The Morgan fingerprint density at radius 3 is 2.24 bits per heavy atom. The second-order valence-corrected chi connectivity index (χ2v) is 12.3. The van der Waals surface area contributed by atoms with Crippen LogP contribution in [0.3, 0.4) is 0 Å². The van der Waals surface area contributed by atoms with Crippen LogP contribution in [0.2, 0.25) is 0 Å². The van der Waals surface area contributed by atoms with Crippen molar-refractivity contribution in [2.45, 2.75) is 56.5 Å². The van der Waals surface area contributed by atoms with Crippen molar-refractivity contribution >= 4 is 35.0 Å². The summed E-state index contributed by atoms with van der Waals surface area (Å²) in [4.78, 5) is 50.6. The van der Waals surface area contributed by atoms with Crippen LogP contribution in [-0.4, -0.2) is 82.8 Å². The Morgan fingerprint density at radius 1 is 0.911 bits per heavy atom. The number of halogens is 1. The number of carbonyl (C=O) groups is 3. The van der Waals surface area contributed by atoms with Crippen LogP contribution in [0.5, 0.6) is 0 Å². The first-order valence-electron chi connectivity index (χ1n) is 15.6.